The van der Waals surface area contributed by atoms with Gasteiger partial charge in [0.15, 0.2) is 4.34 Å². The van der Waals surface area contributed by atoms with E-state index in [4.69, 9.17) is 11.6 Å². The highest BCUT2D eigenvalue weighted by Crippen LogP contribution is 2.27. The predicted molar refractivity (Wildman–Crippen MR) is 112 cm³/mol. The molecular weight excluding hydrogens is 477 g/mol. The summed E-state index contributed by atoms with van der Waals surface area (Å²) in [6, 6.07) is 11.2. The third-order valence-electron chi connectivity index (χ3n) is 3.41. The first-order valence-corrected chi connectivity index (χ1v) is 10.5. The third-order valence-corrected chi connectivity index (χ3v) is 5.62. The third kappa shape index (κ3) is 7.42. The molecule has 0 radical (unpaired) electrons. The Morgan fingerprint density at radius 2 is 1.84 bits per heavy atom. The Kier molecular flexibility index (Phi) is 7.36. The van der Waals surface area contributed by atoms with Crippen LogP contribution in [-0.2, 0) is 4.79 Å². The van der Waals surface area contributed by atoms with Crippen LogP contribution in [0.4, 0.5) is 24.0 Å². The van der Waals surface area contributed by atoms with Crippen LogP contribution in [0.2, 0.25) is 5.02 Å². The van der Waals surface area contributed by atoms with Gasteiger partial charge in [-0.05, 0) is 42.5 Å². The number of rotatable bonds is 7. The second kappa shape index (κ2) is 9.98. The molecular formula is C18H12ClF3N4O3S2. The molecule has 0 saturated heterocycles. The van der Waals surface area contributed by atoms with E-state index in [0.29, 0.717) is 20.6 Å². The summed E-state index contributed by atoms with van der Waals surface area (Å²) in [5.41, 5.74) is 0.676. The molecule has 0 aliphatic rings. The molecule has 0 fully saturated rings. The van der Waals surface area contributed by atoms with E-state index in [1.807, 2.05) is 0 Å². The number of carbonyl (C=O) groups is 2. The van der Waals surface area contributed by atoms with Crippen LogP contribution in [-0.4, -0.2) is 34.1 Å². The van der Waals surface area contributed by atoms with Crippen LogP contribution in [0.5, 0.6) is 5.75 Å². The number of hydrogen-bond donors (Lipinski definition) is 2. The largest absolute Gasteiger partial charge is 0.573 e. The number of hydrogen-bond acceptors (Lipinski definition) is 7. The highest BCUT2D eigenvalue weighted by atomic mass is 35.5. The van der Waals surface area contributed by atoms with Crippen molar-refractivity contribution in [2.45, 2.75) is 10.7 Å². The predicted octanol–water partition coefficient (Wildman–Crippen LogP) is 5.07. The maximum atomic E-state index is 12.2. The van der Waals surface area contributed by atoms with E-state index in [1.54, 1.807) is 18.2 Å². The van der Waals surface area contributed by atoms with E-state index in [9.17, 15) is 22.8 Å². The molecule has 31 heavy (non-hydrogen) atoms. The Balaban J connectivity index is 1.47. The molecule has 13 heteroatoms. The molecule has 2 amide bonds. The Labute approximate surface area is 187 Å². The number of alkyl halides is 3. The normalized spacial score (nSPS) is 11.1. The number of anilines is 2. The van der Waals surface area contributed by atoms with Crippen molar-refractivity contribution in [2.75, 3.05) is 16.4 Å². The molecule has 0 saturated carbocycles. The number of benzene rings is 2. The van der Waals surface area contributed by atoms with Crippen LogP contribution in [0.1, 0.15) is 10.4 Å². The Morgan fingerprint density at radius 3 is 2.52 bits per heavy atom. The lowest BCUT2D eigenvalue weighted by Gasteiger charge is -2.09. The number of thioether (sulfide) groups is 1. The number of carbonyl (C=O) groups excluding carboxylic acids is 2. The van der Waals surface area contributed by atoms with Crippen molar-refractivity contribution in [1.29, 1.82) is 0 Å². The van der Waals surface area contributed by atoms with Gasteiger partial charge in [0, 0.05) is 16.3 Å². The Bertz CT molecular complexity index is 1080. The zero-order valence-electron chi connectivity index (χ0n) is 15.3. The molecule has 2 N–H and O–H groups in total. The van der Waals surface area contributed by atoms with E-state index in [1.165, 1.54) is 18.2 Å². The summed E-state index contributed by atoms with van der Waals surface area (Å²) in [5, 5.41) is 13.6. The van der Waals surface area contributed by atoms with Gasteiger partial charge in [-0.15, -0.1) is 23.4 Å². The molecule has 162 valence electrons. The fraction of sp³-hybridized carbons (Fsp3) is 0.111. The van der Waals surface area contributed by atoms with Crippen molar-refractivity contribution < 1.29 is 27.5 Å². The quantitative estimate of drug-likeness (QED) is 0.356. The van der Waals surface area contributed by atoms with Crippen LogP contribution in [0, 0.1) is 0 Å². The zero-order chi connectivity index (χ0) is 22.4. The van der Waals surface area contributed by atoms with Crippen LogP contribution < -0.4 is 15.4 Å². The van der Waals surface area contributed by atoms with Gasteiger partial charge in [0.2, 0.25) is 11.0 Å². The highest BCUT2D eigenvalue weighted by Gasteiger charge is 2.30. The summed E-state index contributed by atoms with van der Waals surface area (Å²) in [4.78, 5) is 24.2. The second-order valence-electron chi connectivity index (χ2n) is 5.75. The molecule has 0 aliphatic heterocycles. The number of nitrogens with zero attached hydrogens (tertiary/aromatic N) is 2. The second-order valence-corrected chi connectivity index (χ2v) is 8.38. The summed E-state index contributed by atoms with van der Waals surface area (Å²) < 4.78 is 40.7. The maximum Gasteiger partial charge on any atom is 0.573 e. The number of nitrogens with one attached hydrogen (secondary N) is 2. The molecule has 7 nitrogen and oxygen atoms in total. The van der Waals surface area contributed by atoms with Gasteiger partial charge in [-0.25, -0.2) is 0 Å². The standard InChI is InChI=1S/C18H12ClF3N4O3S2/c19-11-3-1-2-10(8-11)15(28)24-16-25-26-17(31-16)30-9-14(27)23-12-4-6-13(7-5-12)29-18(20,21)22/h1-8H,9H2,(H,23,27)(H,24,25,28). The number of amides is 2. The average Bonchev–Trinajstić information content (AvgIpc) is 3.14. The SMILES string of the molecule is O=C(CSc1nnc(NC(=O)c2cccc(Cl)c2)s1)Nc1ccc(OC(F)(F)F)cc1. The van der Waals surface area contributed by atoms with Crippen molar-refractivity contribution in [1.82, 2.24) is 10.2 Å². The summed E-state index contributed by atoms with van der Waals surface area (Å²) in [7, 11) is 0. The van der Waals surface area contributed by atoms with E-state index in [0.717, 1.165) is 35.2 Å². The summed E-state index contributed by atoms with van der Waals surface area (Å²) in [6.45, 7) is 0. The first kappa shape index (κ1) is 22.8. The van der Waals surface area contributed by atoms with Crippen LogP contribution in [0.3, 0.4) is 0 Å². The molecule has 1 heterocycles. The first-order chi connectivity index (χ1) is 14.7. The van der Waals surface area contributed by atoms with Crippen LogP contribution >= 0.6 is 34.7 Å². The molecule has 3 aromatic rings. The van der Waals surface area contributed by atoms with Gasteiger partial charge in [-0.2, -0.15) is 0 Å². The van der Waals surface area contributed by atoms with E-state index < -0.39 is 18.2 Å². The summed E-state index contributed by atoms with van der Waals surface area (Å²) in [5.74, 6) is -1.20. The highest BCUT2D eigenvalue weighted by molar-refractivity contribution is 8.01. The lowest BCUT2D eigenvalue weighted by molar-refractivity contribution is -0.274. The van der Waals surface area contributed by atoms with Crippen molar-refractivity contribution >= 4 is 57.3 Å². The molecule has 1 aromatic heterocycles. The number of aromatic nitrogens is 2. The lowest BCUT2D eigenvalue weighted by atomic mass is 10.2. The Hall–Kier alpha value is -2.83. The molecule has 0 atom stereocenters. The molecule has 0 spiro atoms. The van der Waals surface area contributed by atoms with Crippen molar-refractivity contribution in [3.8, 4) is 5.75 Å². The lowest BCUT2D eigenvalue weighted by Crippen LogP contribution is -2.17. The fourth-order valence-corrected chi connectivity index (χ4v) is 3.92. The monoisotopic (exact) mass is 488 g/mol. The summed E-state index contributed by atoms with van der Waals surface area (Å²) in [6.07, 6.45) is -4.78. The zero-order valence-corrected chi connectivity index (χ0v) is 17.7. The minimum atomic E-state index is -4.78. The summed E-state index contributed by atoms with van der Waals surface area (Å²) >= 11 is 8.04. The van der Waals surface area contributed by atoms with Crippen LogP contribution in [0.25, 0.3) is 0 Å². The average molecular weight is 489 g/mol. The van der Waals surface area contributed by atoms with Gasteiger partial charge in [0.25, 0.3) is 5.91 Å². The van der Waals surface area contributed by atoms with Crippen molar-refractivity contribution in [3.63, 3.8) is 0 Å². The van der Waals surface area contributed by atoms with Crippen molar-refractivity contribution in [2.24, 2.45) is 0 Å². The van der Waals surface area contributed by atoms with Gasteiger partial charge in [-0.3, -0.25) is 14.9 Å². The van der Waals surface area contributed by atoms with Crippen molar-refractivity contribution in [3.05, 3.63) is 59.1 Å². The molecule has 0 unspecified atom stereocenters. The molecule has 3 rings (SSSR count). The minimum absolute atomic E-state index is 0.0162. The molecule has 0 aliphatic carbocycles. The number of ether oxygens (including phenoxy) is 1. The minimum Gasteiger partial charge on any atom is -0.406 e. The fourth-order valence-electron chi connectivity index (χ4n) is 2.18. The van der Waals surface area contributed by atoms with Gasteiger partial charge < -0.3 is 10.1 Å². The number of halogens is 4. The van der Waals surface area contributed by atoms with Gasteiger partial charge >= 0.3 is 6.36 Å². The van der Waals surface area contributed by atoms with E-state index in [2.05, 4.69) is 25.6 Å². The topological polar surface area (TPSA) is 93.2 Å². The maximum absolute atomic E-state index is 12.2. The molecule has 0 bridgehead atoms. The molecule has 2 aromatic carbocycles. The first-order valence-electron chi connectivity index (χ1n) is 8.37. The van der Waals surface area contributed by atoms with Gasteiger partial charge in [0.05, 0.1) is 5.75 Å². The Morgan fingerprint density at radius 1 is 1.10 bits per heavy atom. The van der Waals surface area contributed by atoms with Gasteiger partial charge in [-0.1, -0.05) is 40.8 Å². The smallest absolute Gasteiger partial charge is 0.406 e. The van der Waals surface area contributed by atoms with Gasteiger partial charge in [0.1, 0.15) is 5.75 Å². The van der Waals surface area contributed by atoms with Crippen LogP contribution in [0.15, 0.2) is 52.9 Å². The van der Waals surface area contributed by atoms with E-state index >= 15 is 0 Å². The van der Waals surface area contributed by atoms with E-state index in [-0.39, 0.29) is 16.6 Å².